The number of hydrogen-bond acceptors (Lipinski definition) is 4. The van der Waals surface area contributed by atoms with Crippen LogP contribution < -0.4 is 0 Å². The zero-order valence-electron chi connectivity index (χ0n) is 8.87. The minimum absolute atomic E-state index is 0.0609. The van der Waals surface area contributed by atoms with E-state index >= 15 is 0 Å². The van der Waals surface area contributed by atoms with Gasteiger partial charge in [0.05, 0.1) is 17.4 Å². The Labute approximate surface area is 102 Å². The molecule has 2 aromatic heterocycles. The number of benzene rings is 1. The fraction of sp³-hybridized carbons (Fsp3) is 0.0909. The molecule has 0 aliphatic heterocycles. The van der Waals surface area contributed by atoms with Gasteiger partial charge in [0.1, 0.15) is 6.73 Å². The summed E-state index contributed by atoms with van der Waals surface area (Å²) in [5.74, 6) is 0. The highest BCUT2D eigenvalue weighted by atomic mass is 32.2. The smallest absolute Gasteiger partial charge is 0.174 e. The number of nitrogens with one attached hydrogen (secondary N) is 1. The topological polar surface area (TPSA) is 66.7 Å². The van der Waals surface area contributed by atoms with Crippen molar-refractivity contribution in [1.82, 2.24) is 19.5 Å². The van der Waals surface area contributed by atoms with Crippen LogP contribution in [0.15, 0.2) is 47.0 Å². The molecule has 17 heavy (non-hydrogen) atoms. The molecule has 1 aromatic carbocycles. The summed E-state index contributed by atoms with van der Waals surface area (Å²) in [6, 6.07) is 5.97. The molecular weight excluding hydrogens is 236 g/mol. The molecule has 3 rings (SSSR count). The van der Waals surface area contributed by atoms with Crippen LogP contribution >= 0.6 is 11.8 Å². The maximum absolute atomic E-state index is 9.12. The van der Waals surface area contributed by atoms with E-state index in [9.17, 15) is 0 Å². The Kier molecular flexibility index (Phi) is 2.58. The standard InChI is InChI=1S/C11H10N4OS/c16-7-15-4-3-12-11(15)17-8-1-2-9-10(5-8)14-6-13-9/h1-6,16H,7H2,(H,13,14). The third kappa shape index (κ3) is 1.92. The van der Waals surface area contributed by atoms with Crippen molar-refractivity contribution in [2.45, 2.75) is 16.8 Å². The van der Waals surface area contributed by atoms with Crippen molar-refractivity contribution in [3.05, 3.63) is 36.9 Å². The average Bonchev–Trinajstić information content (AvgIpc) is 2.96. The molecule has 0 bridgehead atoms. The molecule has 5 nitrogen and oxygen atoms in total. The molecule has 0 unspecified atom stereocenters. The van der Waals surface area contributed by atoms with Gasteiger partial charge in [-0.25, -0.2) is 9.97 Å². The van der Waals surface area contributed by atoms with Crippen LogP contribution in [-0.2, 0) is 6.73 Å². The van der Waals surface area contributed by atoms with Gasteiger partial charge in [-0.1, -0.05) is 11.8 Å². The maximum Gasteiger partial charge on any atom is 0.174 e. The first kappa shape index (κ1) is 10.4. The van der Waals surface area contributed by atoms with Crippen LogP contribution in [0.3, 0.4) is 0 Å². The molecule has 0 amide bonds. The molecule has 0 fully saturated rings. The summed E-state index contributed by atoms with van der Waals surface area (Å²) in [6.07, 6.45) is 5.10. The lowest BCUT2D eigenvalue weighted by molar-refractivity contribution is 0.200. The number of H-pyrrole nitrogens is 1. The minimum atomic E-state index is -0.0609. The summed E-state index contributed by atoms with van der Waals surface area (Å²) < 4.78 is 1.68. The van der Waals surface area contributed by atoms with Crippen LogP contribution in [0.5, 0.6) is 0 Å². The Hall–Kier alpha value is -1.79. The molecule has 2 N–H and O–H groups in total. The second-order valence-corrected chi connectivity index (χ2v) is 4.55. The lowest BCUT2D eigenvalue weighted by Gasteiger charge is -2.03. The average molecular weight is 246 g/mol. The summed E-state index contributed by atoms with van der Waals surface area (Å²) >= 11 is 1.51. The number of hydrogen-bond donors (Lipinski definition) is 2. The van der Waals surface area contributed by atoms with Gasteiger partial charge >= 0.3 is 0 Å². The predicted molar refractivity (Wildman–Crippen MR) is 64.7 cm³/mol. The lowest BCUT2D eigenvalue weighted by atomic mass is 10.3. The normalized spacial score (nSPS) is 11.1. The molecule has 0 aliphatic carbocycles. The lowest BCUT2D eigenvalue weighted by Crippen LogP contribution is -1.96. The van der Waals surface area contributed by atoms with Crippen molar-refractivity contribution in [2.24, 2.45) is 0 Å². The second kappa shape index (κ2) is 4.23. The number of fused-ring (bicyclic) bond motifs is 1. The first-order valence-electron chi connectivity index (χ1n) is 5.10. The summed E-state index contributed by atoms with van der Waals surface area (Å²) in [5, 5.41) is 9.89. The maximum atomic E-state index is 9.12. The third-order valence-corrected chi connectivity index (χ3v) is 3.44. The number of imidazole rings is 2. The van der Waals surface area contributed by atoms with Crippen LogP contribution in [0.4, 0.5) is 0 Å². The van der Waals surface area contributed by atoms with Gasteiger partial charge in [0, 0.05) is 17.3 Å². The van der Waals surface area contributed by atoms with Gasteiger partial charge in [-0.2, -0.15) is 0 Å². The number of aromatic amines is 1. The summed E-state index contributed by atoms with van der Waals surface area (Å²) in [6.45, 7) is -0.0609. The van der Waals surface area contributed by atoms with Crippen molar-refractivity contribution < 1.29 is 5.11 Å². The summed E-state index contributed by atoms with van der Waals surface area (Å²) in [7, 11) is 0. The number of rotatable bonds is 3. The largest absolute Gasteiger partial charge is 0.376 e. The monoisotopic (exact) mass is 246 g/mol. The second-order valence-electron chi connectivity index (χ2n) is 3.50. The van der Waals surface area contributed by atoms with Gasteiger partial charge in [-0.05, 0) is 18.2 Å². The highest BCUT2D eigenvalue weighted by Crippen LogP contribution is 2.27. The quantitative estimate of drug-likeness (QED) is 0.740. The van der Waals surface area contributed by atoms with Gasteiger partial charge in [-0.15, -0.1) is 0 Å². The van der Waals surface area contributed by atoms with Crippen molar-refractivity contribution in [2.75, 3.05) is 0 Å². The summed E-state index contributed by atoms with van der Waals surface area (Å²) in [5.41, 5.74) is 1.94. The molecule has 0 saturated heterocycles. The fourth-order valence-corrected chi connectivity index (χ4v) is 2.46. The molecule has 86 valence electrons. The zero-order valence-corrected chi connectivity index (χ0v) is 9.68. The summed E-state index contributed by atoms with van der Waals surface area (Å²) in [4.78, 5) is 12.5. The minimum Gasteiger partial charge on any atom is -0.376 e. The molecule has 6 heteroatoms. The molecule has 0 spiro atoms. The van der Waals surface area contributed by atoms with Gasteiger partial charge in [0.2, 0.25) is 0 Å². The van der Waals surface area contributed by atoms with E-state index < -0.39 is 0 Å². The van der Waals surface area contributed by atoms with E-state index in [1.165, 1.54) is 11.8 Å². The van der Waals surface area contributed by atoms with Gasteiger partial charge < -0.3 is 14.7 Å². The Morgan fingerprint density at radius 3 is 3.18 bits per heavy atom. The van der Waals surface area contributed by atoms with Gasteiger partial charge in [0.15, 0.2) is 5.16 Å². The number of aromatic nitrogens is 4. The molecule has 0 saturated carbocycles. The van der Waals surface area contributed by atoms with E-state index in [1.54, 1.807) is 23.3 Å². The van der Waals surface area contributed by atoms with Crippen molar-refractivity contribution in [3.63, 3.8) is 0 Å². The molecule has 0 radical (unpaired) electrons. The van der Waals surface area contributed by atoms with Crippen molar-refractivity contribution in [1.29, 1.82) is 0 Å². The van der Waals surface area contributed by atoms with E-state index in [0.29, 0.717) is 0 Å². The van der Waals surface area contributed by atoms with Crippen LogP contribution in [0.25, 0.3) is 11.0 Å². The molecule has 3 aromatic rings. The van der Waals surface area contributed by atoms with E-state index in [1.807, 2.05) is 18.2 Å². The number of aliphatic hydroxyl groups excluding tert-OH is 1. The van der Waals surface area contributed by atoms with E-state index in [-0.39, 0.29) is 6.73 Å². The third-order valence-electron chi connectivity index (χ3n) is 2.43. The molecule has 2 heterocycles. The van der Waals surface area contributed by atoms with Crippen LogP contribution in [0.1, 0.15) is 0 Å². The Bertz CT molecular complexity index is 646. The number of aliphatic hydroxyl groups is 1. The Morgan fingerprint density at radius 1 is 1.35 bits per heavy atom. The van der Waals surface area contributed by atoms with Gasteiger partial charge in [-0.3, -0.25) is 0 Å². The van der Waals surface area contributed by atoms with E-state index in [2.05, 4.69) is 15.0 Å². The van der Waals surface area contributed by atoms with Gasteiger partial charge in [0.25, 0.3) is 0 Å². The number of nitrogens with zero attached hydrogens (tertiary/aromatic N) is 3. The molecule has 0 aliphatic rings. The molecular formula is C11H10N4OS. The fourth-order valence-electron chi connectivity index (χ4n) is 1.59. The van der Waals surface area contributed by atoms with Crippen LogP contribution in [-0.4, -0.2) is 24.6 Å². The highest BCUT2D eigenvalue weighted by Gasteiger charge is 2.05. The van der Waals surface area contributed by atoms with Crippen LogP contribution in [0, 0.1) is 0 Å². The Balaban J connectivity index is 1.94. The van der Waals surface area contributed by atoms with E-state index in [0.717, 1.165) is 21.1 Å². The van der Waals surface area contributed by atoms with Crippen molar-refractivity contribution in [3.8, 4) is 0 Å². The predicted octanol–water partition coefficient (Wildman–Crippen LogP) is 1.86. The zero-order chi connectivity index (χ0) is 11.7. The molecule has 0 atom stereocenters. The SMILES string of the molecule is OCn1ccnc1Sc1ccc2nc[nH]c2c1. The van der Waals surface area contributed by atoms with Crippen LogP contribution in [0.2, 0.25) is 0 Å². The van der Waals surface area contributed by atoms with E-state index in [4.69, 9.17) is 5.11 Å². The first-order chi connectivity index (χ1) is 8.36. The first-order valence-corrected chi connectivity index (χ1v) is 5.91. The highest BCUT2D eigenvalue weighted by molar-refractivity contribution is 7.99. The van der Waals surface area contributed by atoms with Crippen molar-refractivity contribution >= 4 is 22.8 Å². The Morgan fingerprint density at radius 2 is 2.29 bits per heavy atom.